The molecule has 1 aromatic carbocycles. The number of hydrogen-bond acceptors (Lipinski definition) is 3. The van der Waals surface area contributed by atoms with Crippen molar-refractivity contribution in [3.05, 3.63) is 28.2 Å². The number of benzene rings is 1. The lowest BCUT2D eigenvalue weighted by Gasteiger charge is -2.36. The number of piperidine rings is 1. The molecular formula is C15H20BrN3S. The van der Waals surface area contributed by atoms with Crippen LogP contribution in [0.25, 0.3) is 0 Å². The van der Waals surface area contributed by atoms with E-state index in [1.165, 1.54) is 38.8 Å². The number of nitrogens with zero attached hydrogens (tertiary/aromatic N) is 1. The molecule has 2 saturated heterocycles. The van der Waals surface area contributed by atoms with E-state index in [4.69, 9.17) is 18.0 Å². The molecule has 20 heavy (non-hydrogen) atoms. The molecule has 0 aromatic heterocycles. The van der Waals surface area contributed by atoms with Gasteiger partial charge in [-0.15, -0.1) is 0 Å². The molecule has 3 nitrogen and oxygen atoms in total. The first-order valence-corrected chi connectivity index (χ1v) is 8.44. The van der Waals surface area contributed by atoms with E-state index in [1.54, 1.807) is 0 Å². The maximum atomic E-state index is 5.86. The second-order valence-electron chi connectivity index (χ2n) is 5.72. The van der Waals surface area contributed by atoms with E-state index in [9.17, 15) is 0 Å². The van der Waals surface area contributed by atoms with Gasteiger partial charge in [0.15, 0.2) is 0 Å². The van der Waals surface area contributed by atoms with Gasteiger partial charge < -0.3 is 16.0 Å². The Kier molecular flexibility index (Phi) is 4.29. The van der Waals surface area contributed by atoms with E-state index in [0.717, 1.165) is 21.8 Å². The third-order valence-electron chi connectivity index (χ3n) is 4.44. The Balaban J connectivity index is 1.75. The molecule has 2 unspecified atom stereocenters. The van der Waals surface area contributed by atoms with Gasteiger partial charge in [-0.1, -0.05) is 18.3 Å². The van der Waals surface area contributed by atoms with Gasteiger partial charge in [0, 0.05) is 34.4 Å². The quantitative estimate of drug-likeness (QED) is 0.819. The highest BCUT2D eigenvalue weighted by atomic mass is 79.9. The molecule has 3 rings (SSSR count). The number of halogens is 1. The molecule has 0 spiro atoms. The zero-order valence-electron chi connectivity index (χ0n) is 11.4. The molecule has 1 aromatic rings. The molecule has 0 saturated carbocycles. The van der Waals surface area contributed by atoms with Gasteiger partial charge in [-0.3, -0.25) is 0 Å². The number of anilines is 1. The molecule has 2 fully saturated rings. The molecule has 0 radical (unpaired) electrons. The van der Waals surface area contributed by atoms with E-state index in [0.29, 0.717) is 11.0 Å². The van der Waals surface area contributed by atoms with E-state index >= 15 is 0 Å². The maximum absolute atomic E-state index is 5.86. The minimum Gasteiger partial charge on any atom is -0.389 e. The van der Waals surface area contributed by atoms with Gasteiger partial charge in [0.2, 0.25) is 0 Å². The second kappa shape index (κ2) is 6.00. The molecule has 2 aliphatic rings. The summed E-state index contributed by atoms with van der Waals surface area (Å²) < 4.78 is 0.966. The van der Waals surface area contributed by atoms with E-state index < -0.39 is 0 Å². The number of nitrogens with one attached hydrogen (secondary N) is 1. The molecule has 108 valence electrons. The molecule has 2 aliphatic heterocycles. The van der Waals surface area contributed by atoms with Gasteiger partial charge in [-0.2, -0.15) is 0 Å². The first-order valence-electron chi connectivity index (χ1n) is 7.24. The Morgan fingerprint density at radius 1 is 1.35 bits per heavy atom. The van der Waals surface area contributed by atoms with Crippen LogP contribution in [-0.2, 0) is 0 Å². The molecule has 5 heteroatoms. The van der Waals surface area contributed by atoms with Gasteiger partial charge in [0.25, 0.3) is 0 Å². The van der Waals surface area contributed by atoms with Gasteiger partial charge in [-0.25, -0.2) is 0 Å². The summed E-state index contributed by atoms with van der Waals surface area (Å²) in [6.07, 6.45) is 5.12. The lowest BCUT2D eigenvalue weighted by Crippen LogP contribution is -2.43. The Hall–Kier alpha value is -0.650. The second-order valence-corrected chi connectivity index (χ2v) is 7.02. The van der Waals surface area contributed by atoms with Crippen LogP contribution >= 0.6 is 28.1 Å². The average Bonchev–Trinajstić information content (AvgIpc) is 2.85. The third-order valence-corrected chi connectivity index (χ3v) is 5.31. The van der Waals surface area contributed by atoms with E-state index in [1.807, 2.05) is 12.1 Å². The third kappa shape index (κ3) is 2.85. The Bertz CT molecular complexity index is 520. The fraction of sp³-hybridized carbons (Fsp3) is 0.533. The molecule has 0 bridgehead atoms. The standard InChI is InChI=1S/C15H20BrN3S/c16-12-4-1-5-13(14(12)15(17)20)18-10-6-8-19-7-2-3-11(19)9-10/h1,4-5,10-11,18H,2-3,6-9H2,(H2,17,20). The molecule has 2 atom stereocenters. The van der Waals surface area contributed by atoms with Crippen molar-refractivity contribution >= 4 is 38.8 Å². The lowest BCUT2D eigenvalue weighted by atomic mass is 9.97. The van der Waals surface area contributed by atoms with Crippen LogP contribution in [-0.4, -0.2) is 35.1 Å². The van der Waals surface area contributed by atoms with Crippen molar-refractivity contribution in [2.75, 3.05) is 18.4 Å². The van der Waals surface area contributed by atoms with Crippen molar-refractivity contribution in [1.82, 2.24) is 4.90 Å². The van der Waals surface area contributed by atoms with Crippen LogP contribution in [0.15, 0.2) is 22.7 Å². The summed E-state index contributed by atoms with van der Waals surface area (Å²) in [6.45, 7) is 2.49. The predicted octanol–water partition coefficient (Wildman–Crippen LogP) is 3.12. The van der Waals surface area contributed by atoms with Crippen molar-refractivity contribution < 1.29 is 0 Å². The van der Waals surface area contributed by atoms with Gasteiger partial charge in [0.05, 0.1) is 0 Å². The number of nitrogens with two attached hydrogens (primary N) is 1. The summed E-state index contributed by atoms with van der Waals surface area (Å²) in [6, 6.07) is 7.37. The zero-order chi connectivity index (χ0) is 14.1. The number of fused-ring (bicyclic) bond motifs is 1. The van der Waals surface area contributed by atoms with Crippen LogP contribution in [0.1, 0.15) is 31.2 Å². The van der Waals surface area contributed by atoms with Crippen LogP contribution in [0.2, 0.25) is 0 Å². The minimum absolute atomic E-state index is 0.443. The predicted molar refractivity (Wildman–Crippen MR) is 91.3 cm³/mol. The fourth-order valence-corrected chi connectivity index (χ4v) is 4.40. The number of thiocarbonyl (C=S) groups is 1. The minimum atomic E-state index is 0.443. The first-order chi connectivity index (χ1) is 9.65. The molecule has 3 N–H and O–H groups in total. The maximum Gasteiger partial charge on any atom is 0.107 e. The highest BCUT2D eigenvalue weighted by Gasteiger charge is 2.31. The molecule has 0 aliphatic carbocycles. The Morgan fingerprint density at radius 3 is 3.00 bits per heavy atom. The lowest BCUT2D eigenvalue weighted by molar-refractivity contribution is 0.188. The average molecular weight is 354 g/mol. The summed E-state index contributed by atoms with van der Waals surface area (Å²) in [5, 5.41) is 3.66. The van der Waals surface area contributed by atoms with Crippen molar-refractivity contribution in [2.45, 2.75) is 37.8 Å². The van der Waals surface area contributed by atoms with Crippen LogP contribution in [0, 0.1) is 0 Å². The monoisotopic (exact) mass is 353 g/mol. The number of hydrogen-bond donors (Lipinski definition) is 2. The topological polar surface area (TPSA) is 41.3 Å². The largest absolute Gasteiger partial charge is 0.389 e. The zero-order valence-corrected chi connectivity index (χ0v) is 13.8. The van der Waals surface area contributed by atoms with Crippen LogP contribution in [0.3, 0.4) is 0 Å². The summed E-state index contributed by atoms with van der Waals surface area (Å²) in [5.41, 5.74) is 7.85. The highest BCUT2D eigenvalue weighted by Crippen LogP contribution is 2.31. The van der Waals surface area contributed by atoms with E-state index in [2.05, 4.69) is 32.2 Å². The van der Waals surface area contributed by atoms with Crippen molar-refractivity contribution in [1.29, 1.82) is 0 Å². The first kappa shape index (κ1) is 14.3. The fourth-order valence-electron chi connectivity index (χ4n) is 3.47. The van der Waals surface area contributed by atoms with Crippen molar-refractivity contribution in [3.8, 4) is 0 Å². The van der Waals surface area contributed by atoms with Gasteiger partial charge >= 0.3 is 0 Å². The summed E-state index contributed by atoms with van der Waals surface area (Å²) in [5.74, 6) is 0. The van der Waals surface area contributed by atoms with Crippen LogP contribution < -0.4 is 11.1 Å². The molecular weight excluding hydrogens is 334 g/mol. The van der Waals surface area contributed by atoms with Gasteiger partial charge in [-0.05, 0) is 60.3 Å². The van der Waals surface area contributed by atoms with Gasteiger partial charge in [0.1, 0.15) is 4.99 Å². The number of rotatable bonds is 3. The van der Waals surface area contributed by atoms with Crippen molar-refractivity contribution in [3.63, 3.8) is 0 Å². The normalized spacial score (nSPS) is 26.2. The Morgan fingerprint density at radius 2 is 2.20 bits per heavy atom. The highest BCUT2D eigenvalue weighted by molar-refractivity contribution is 9.10. The summed E-state index contributed by atoms with van der Waals surface area (Å²) in [7, 11) is 0. The Labute approximate surface area is 134 Å². The van der Waals surface area contributed by atoms with Crippen LogP contribution in [0.5, 0.6) is 0 Å². The summed E-state index contributed by atoms with van der Waals surface area (Å²) >= 11 is 8.72. The van der Waals surface area contributed by atoms with Crippen molar-refractivity contribution in [2.24, 2.45) is 5.73 Å². The SMILES string of the molecule is NC(=S)c1c(Br)cccc1NC1CCN2CCCC2C1. The van der Waals surface area contributed by atoms with E-state index in [-0.39, 0.29) is 0 Å². The molecule has 0 amide bonds. The van der Waals surface area contributed by atoms with Crippen LogP contribution in [0.4, 0.5) is 5.69 Å². The smallest absolute Gasteiger partial charge is 0.107 e. The molecule has 2 heterocycles. The summed E-state index contributed by atoms with van der Waals surface area (Å²) in [4.78, 5) is 3.08.